The van der Waals surface area contributed by atoms with Crippen molar-refractivity contribution < 1.29 is 4.39 Å². The molecular weight excluding hydrogens is 227 g/mol. The lowest BCUT2D eigenvalue weighted by Gasteiger charge is -2.00. The van der Waals surface area contributed by atoms with Crippen LogP contribution in [0.5, 0.6) is 0 Å². The minimum absolute atomic E-state index is 0.169. The van der Waals surface area contributed by atoms with Crippen molar-refractivity contribution in [3.63, 3.8) is 0 Å². The molecule has 2 aromatic carbocycles. The molecule has 0 aliphatic heterocycles. The Balaban J connectivity index is 2.16. The van der Waals surface area contributed by atoms with Gasteiger partial charge in [0.15, 0.2) is 0 Å². The van der Waals surface area contributed by atoms with Crippen molar-refractivity contribution in [1.82, 2.24) is 4.98 Å². The number of aryl methyl sites for hydroxylation is 1. The van der Waals surface area contributed by atoms with Crippen LogP contribution >= 0.6 is 0 Å². The molecule has 3 heteroatoms. The van der Waals surface area contributed by atoms with E-state index >= 15 is 0 Å². The number of fused-ring (bicyclic) bond motifs is 1. The van der Waals surface area contributed by atoms with Gasteiger partial charge in [0.05, 0.1) is 5.69 Å². The van der Waals surface area contributed by atoms with Crippen LogP contribution in [0.25, 0.3) is 22.2 Å². The predicted molar refractivity (Wildman–Crippen MR) is 72.8 cm³/mol. The van der Waals surface area contributed by atoms with Crippen molar-refractivity contribution in [3.8, 4) is 11.3 Å². The number of hydrogen-bond donors (Lipinski definition) is 2. The Kier molecular flexibility index (Phi) is 2.33. The Morgan fingerprint density at radius 3 is 2.67 bits per heavy atom. The third-order valence-corrected chi connectivity index (χ3v) is 3.08. The van der Waals surface area contributed by atoms with Crippen LogP contribution in [0.15, 0.2) is 42.5 Å². The third kappa shape index (κ3) is 1.74. The number of hydrogen-bond acceptors (Lipinski definition) is 1. The molecule has 0 aliphatic rings. The first-order chi connectivity index (χ1) is 8.63. The minimum atomic E-state index is -0.384. The summed E-state index contributed by atoms with van der Waals surface area (Å²) in [5.41, 5.74) is 9.88. The zero-order valence-corrected chi connectivity index (χ0v) is 10.00. The van der Waals surface area contributed by atoms with E-state index in [2.05, 4.69) is 30.1 Å². The number of nitrogens with two attached hydrogens (primary N) is 1. The van der Waals surface area contributed by atoms with Gasteiger partial charge >= 0.3 is 0 Å². The summed E-state index contributed by atoms with van der Waals surface area (Å²) in [4.78, 5) is 3.31. The summed E-state index contributed by atoms with van der Waals surface area (Å²) in [5.74, 6) is -0.384. The highest BCUT2D eigenvalue weighted by atomic mass is 19.1. The van der Waals surface area contributed by atoms with Crippen LogP contribution < -0.4 is 5.73 Å². The van der Waals surface area contributed by atoms with Crippen molar-refractivity contribution in [2.75, 3.05) is 5.73 Å². The second kappa shape index (κ2) is 3.88. The van der Waals surface area contributed by atoms with Gasteiger partial charge in [0, 0.05) is 22.2 Å². The van der Waals surface area contributed by atoms with Gasteiger partial charge in [-0.1, -0.05) is 11.6 Å². The summed E-state index contributed by atoms with van der Waals surface area (Å²) in [6.07, 6.45) is 0. The molecule has 0 aliphatic carbocycles. The van der Waals surface area contributed by atoms with Crippen molar-refractivity contribution in [2.45, 2.75) is 6.92 Å². The smallest absolute Gasteiger partial charge is 0.146 e. The normalized spacial score (nSPS) is 11.0. The quantitative estimate of drug-likeness (QED) is 0.623. The number of benzene rings is 2. The number of aromatic nitrogens is 1. The van der Waals surface area contributed by atoms with Gasteiger partial charge in [0.2, 0.25) is 0 Å². The van der Waals surface area contributed by atoms with Crippen LogP contribution in [0.3, 0.4) is 0 Å². The van der Waals surface area contributed by atoms with Gasteiger partial charge in [-0.3, -0.25) is 0 Å². The number of H-pyrrole nitrogens is 1. The molecular formula is C15H13FN2. The Labute approximate surface area is 104 Å². The molecule has 3 aromatic rings. The first kappa shape index (κ1) is 10.8. The highest BCUT2D eigenvalue weighted by Crippen LogP contribution is 2.26. The molecule has 0 spiro atoms. The first-order valence-electron chi connectivity index (χ1n) is 5.78. The molecule has 0 radical (unpaired) electrons. The van der Waals surface area contributed by atoms with Crippen LogP contribution in [0.4, 0.5) is 10.1 Å². The Hall–Kier alpha value is -2.29. The standard InChI is InChI=1S/C15H13FN2/c1-9-2-5-14-11(6-9)8-15(18-14)10-3-4-12(16)13(17)7-10/h2-8,18H,17H2,1H3. The second-order valence-electron chi connectivity index (χ2n) is 4.51. The average Bonchev–Trinajstić information content (AvgIpc) is 2.75. The van der Waals surface area contributed by atoms with Gasteiger partial charge in [0.1, 0.15) is 5.82 Å². The van der Waals surface area contributed by atoms with E-state index in [9.17, 15) is 4.39 Å². The highest BCUT2D eigenvalue weighted by Gasteiger charge is 2.05. The second-order valence-corrected chi connectivity index (χ2v) is 4.51. The number of nitrogen functional groups attached to an aromatic ring is 1. The summed E-state index contributed by atoms with van der Waals surface area (Å²) < 4.78 is 13.1. The van der Waals surface area contributed by atoms with E-state index in [0.29, 0.717) is 0 Å². The van der Waals surface area contributed by atoms with Crippen molar-refractivity contribution >= 4 is 16.6 Å². The lowest BCUT2D eigenvalue weighted by molar-refractivity contribution is 0.632. The number of nitrogens with one attached hydrogen (secondary N) is 1. The third-order valence-electron chi connectivity index (χ3n) is 3.08. The van der Waals surface area contributed by atoms with Crippen molar-refractivity contribution in [2.24, 2.45) is 0 Å². The van der Waals surface area contributed by atoms with E-state index < -0.39 is 0 Å². The molecule has 0 saturated carbocycles. The van der Waals surface area contributed by atoms with Crippen molar-refractivity contribution in [3.05, 3.63) is 53.8 Å². The summed E-state index contributed by atoms with van der Waals surface area (Å²) in [7, 11) is 0. The monoisotopic (exact) mass is 240 g/mol. The van der Waals surface area contributed by atoms with Crippen molar-refractivity contribution in [1.29, 1.82) is 0 Å². The zero-order chi connectivity index (χ0) is 12.7. The molecule has 0 fully saturated rings. The highest BCUT2D eigenvalue weighted by molar-refractivity contribution is 5.86. The summed E-state index contributed by atoms with van der Waals surface area (Å²) in [6, 6.07) is 13.0. The van der Waals surface area contributed by atoms with Gasteiger partial charge < -0.3 is 10.7 Å². The van der Waals surface area contributed by atoms with Crippen LogP contribution in [0, 0.1) is 12.7 Å². The van der Waals surface area contributed by atoms with Gasteiger partial charge in [-0.05, 0) is 43.3 Å². The van der Waals surface area contributed by atoms with E-state index in [0.717, 1.165) is 22.2 Å². The lowest BCUT2D eigenvalue weighted by atomic mass is 10.1. The number of halogens is 1. The van der Waals surface area contributed by atoms with Gasteiger partial charge in [-0.25, -0.2) is 4.39 Å². The Bertz CT molecular complexity index is 728. The first-order valence-corrected chi connectivity index (χ1v) is 5.78. The van der Waals surface area contributed by atoms with E-state index in [1.165, 1.54) is 11.6 Å². The van der Waals surface area contributed by atoms with E-state index in [1.807, 2.05) is 6.07 Å². The fraction of sp³-hybridized carbons (Fsp3) is 0.0667. The molecule has 1 aromatic heterocycles. The SMILES string of the molecule is Cc1ccc2[nH]c(-c3ccc(F)c(N)c3)cc2c1. The van der Waals surface area contributed by atoms with Crippen LogP contribution in [-0.2, 0) is 0 Å². The number of aromatic amines is 1. The zero-order valence-electron chi connectivity index (χ0n) is 10.00. The molecule has 3 N–H and O–H groups in total. The molecule has 0 bridgehead atoms. The van der Waals surface area contributed by atoms with Crippen LogP contribution in [0.2, 0.25) is 0 Å². The molecule has 3 rings (SSSR count). The van der Waals surface area contributed by atoms with E-state index in [4.69, 9.17) is 5.73 Å². The van der Waals surface area contributed by atoms with E-state index in [1.54, 1.807) is 12.1 Å². The maximum Gasteiger partial charge on any atom is 0.146 e. The Morgan fingerprint density at radius 2 is 1.89 bits per heavy atom. The molecule has 2 nitrogen and oxygen atoms in total. The summed E-state index contributed by atoms with van der Waals surface area (Å²) in [6.45, 7) is 2.06. The largest absolute Gasteiger partial charge is 0.396 e. The molecule has 0 unspecified atom stereocenters. The summed E-state index contributed by atoms with van der Waals surface area (Å²) >= 11 is 0. The summed E-state index contributed by atoms with van der Waals surface area (Å²) in [5, 5.41) is 1.15. The fourth-order valence-electron chi connectivity index (χ4n) is 2.12. The topological polar surface area (TPSA) is 41.8 Å². The average molecular weight is 240 g/mol. The number of rotatable bonds is 1. The number of anilines is 1. The molecule has 0 atom stereocenters. The van der Waals surface area contributed by atoms with Gasteiger partial charge in [-0.2, -0.15) is 0 Å². The van der Waals surface area contributed by atoms with Crippen LogP contribution in [0.1, 0.15) is 5.56 Å². The van der Waals surface area contributed by atoms with Gasteiger partial charge in [-0.15, -0.1) is 0 Å². The predicted octanol–water partition coefficient (Wildman–Crippen LogP) is 3.86. The maximum absolute atomic E-state index is 13.1. The minimum Gasteiger partial charge on any atom is -0.396 e. The van der Waals surface area contributed by atoms with Gasteiger partial charge in [0.25, 0.3) is 0 Å². The lowest BCUT2D eigenvalue weighted by Crippen LogP contribution is -1.90. The molecule has 1 heterocycles. The Morgan fingerprint density at radius 1 is 1.06 bits per heavy atom. The molecule has 90 valence electrons. The fourth-order valence-corrected chi connectivity index (χ4v) is 2.12. The maximum atomic E-state index is 13.1. The molecule has 0 saturated heterocycles. The van der Waals surface area contributed by atoms with Crippen LogP contribution in [-0.4, -0.2) is 4.98 Å². The molecule has 18 heavy (non-hydrogen) atoms. The molecule has 0 amide bonds. The van der Waals surface area contributed by atoms with E-state index in [-0.39, 0.29) is 11.5 Å².